The smallest absolute Gasteiger partial charge is 0.258 e. The van der Waals surface area contributed by atoms with E-state index in [0.717, 1.165) is 0 Å². The molecule has 0 unspecified atom stereocenters. The normalized spacial score (nSPS) is 10.2. The molecule has 2 amide bonds. The standard InChI is InChI=1S/C16H15FN2O2/c1-10-5-4-7-12(15(10)17)16(21)19-13-8-3-2-6-11(13)9-14(18)20/h2-8H,9H2,1H3,(H2,18,20)(H,19,21). The average Bonchev–Trinajstić information content (AvgIpc) is 2.43. The fraction of sp³-hybridized carbons (Fsp3) is 0.125. The van der Waals surface area contributed by atoms with Crippen molar-refractivity contribution >= 4 is 17.5 Å². The van der Waals surface area contributed by atoms with E-state index in [2.05, 4.69) is 5.32 Å². The summed E-state index contributed by atoms with van der Waals surface area (Å²) in [6.45, 7) is 1.59. The van der Waals surface area contributed by atoms with Crippen LogP contribution in [0.3, 0.4) is 0 Å². The van der Waals surface area contributed by atoms with Gasteiger partial charge in [-0.3, -0.25) is 9.59 Å². The van der Waals surface area contributed by atoms with Gasteiger partial charge in [0.2, 0.25) is 5.91 Å². The first-order chi connectivity index (χ1) is 9.99. The largest absolute Gasteiger partial charge is 0.369 e. The number of aryl methyl sites for hydroxylation is 1. The Kier molecular flexibility index (Phi) is 4.33. The van der Waals surface area contributed by atoms with Crippen molar-refractivity contribution in [2.75, 3.05) is 5.32 Å². The Labute approximate surface area is 121 Å². The molecule has 5 heteroatoms. The SMILES string of the molecule is Cc1cccc(C(=O)Nc2ccccc2CC(N)=O)c1F. The molecule has 3 N–H and O–H groups in total. The molecule has 0 radical (unpaired) electrons. The summed E-state index contributed by atoms with van der Waals surface area (Å²) in [5, 5.41) is 2.61. The van der Waals surface area contributed by atoms with E-state index in [1.165, 1.54) is 6.07 Å². The number of hydrogen-bond donors (Lipinski definition) is 2. The Morgan fingerprint density at radius 2 is 1.86 bits per heavy atom. The Hall–Kier alpha value is -2.69. The number of anilines is 1. The minimum absolute atomic E-state index is 0.00670. The second-order valence-corrected chi connectivity index (χ2v) is 4.69. The number of hydrogen-bond acceptors (Lipinski definition) is 2. The van der Waals surface area contributed by atoms with Crippen LogP contribution in [0.25, 0.3) is 0 Å². The van der Waals surface area contributed by atoms with Gasteiger partial charge >= 0.3 is 0 Å². The molecule has 0 aliphatic carbocycles. The molecule has 0 saturated carbocycles. The Morgan fingerprint density at radius 3 is 2.57 bits per heavy atom. The molecule has 0 saturated heterocycles. The molecule has 0 aliphatic rings. The fourth-order valence-electron chi connectivity index (χ4n) is 2.00. The van der Waals surface area contributed by atoms with Crippen molar-refractivity contribution in [2.24, 2.45) is 5.73 Å². The molecule has 0 aliphatic heterocycles. The van der Waals surface area contributed by atoms with Crippen LogP contribution in [0.5, 0.6) is 0 Å². The van der Waals surface area contributed by atoms with Crippen LogP contribution in [0.15, 0.2) is 42.5 Å². The van der Waals surface area contributed by atoms with Gasteiger partial charge in [0.25, 0.3) is 5.91 Å². The number of benzene rings is 2. The van der Waals surface area contributed by atoms with Crippen molar-refractivity contribution in [3.05, 3.63) is 65.0 Å². The Bertz CT molecular complexity index is 698. The van der Waals surface area contributed by atoms with Crippen molar-refractivity contribution in [2.45, 2.75) is 13.3 Å². The highest BCUT2D eigenvalue weighted by atomic mass is 19.1. The lowest BCUT2D eigenvalue weighted by Crippen LogP contribution is -2.18. The van der Waals surface area contributed by atoms with Gasteiger partial charge in [-0.05, 0) is 30.2 Å². The second kappa shape index (κ2) is 6.17. The lowest BCUT2D eigenvalue weighted by molar-refractivity contribution is -0.117. The molecule has 2 aromatic rings. The van der Waals surface area contributed by atoms with Gasteiger partial charge in [-0.15, -0.1) is 0 Å². The number of primary amides is 1. The summed E-state index contributed by atoms with van der Waals surface area (Å²) in [7, 11) is 0. The van der Waals surface area contributed by atoms with Gasteiger partial charge in [-0.1, -0.05) is 30.3 Å². The predicted molar refractivity (Wildman–Crippen MR) is 78.4 cm³/mol. The number of amides is 2. The molecule has 0 heterocycles. The summed E-state index contributed by atoms with van der Waals surface area (Å²) in [5.74, 6) is -1.62. The van der Waals surface area contributed by atoms with Crippen LogP contribution in [0.1, 0.15) is 21.5 Å². The molecule has 4 nitrogen and oxygen atoms in total. The average molecular weight is 286 g/mol. The van der Waals surface area contributed by atoms with Crippen LogP contribution in [0.4, 0.5) is 10.1 Å². The van der Waals surface area contributed by atoms with Crippen molar-refractivity contribution in [3.63, 3.8) is 0 Å². The van der Waals surface area contributed by atoms with E-state index in [0.29, 0.717) is 16.8 Å². The van der Waals surface area contributed by atoms with E-state index in [4.69, 9.17) is 5.73 Å². The Balaban J connectivity index is 2.28. The molecular formula is C16H15FN2O2. The van der Waals surface area contributed by atoms with Gasteiger partial charge in [-0.25, -0.2) is 4.39 Å². The number of nitrogens with one attached hydrogen (secondary N) is 1. The summed E-state index contributed by atoms with van der Waals surface area (Å²) in [4.78, 5) is 23.2. The third kappa shape index (κ3) is 3.45. The maximum Gasteiger partial charge on any atom is 0.258 e. The maximum absolute atomic E-state index is 13.9. The topological polar surface area (TPSA) is 72.2 Å². The summed E-state index contributed by atoms with van der Waals surface area (Å²) >= 11 is 0. The second-order valence-electron chi connectivity index (χ2n) is 4.69. The zero-order valence-corrected chi connectivity index (χ0v) is 11.5. The first-order valence-electron chi connectivity index (χ1n) is 6.41. The van der Waals surface area contributed by atoms with Gasteiger partial charge in [0, 0.05) is 5.69 Å². The molecule has 2 rings (SSSR count). The van der Waals surface area contributed by atoms with Crippen molar-refractivity contribution < 1.29 is 14.0 Å². The van der Waals surface area contributed by atoms with E-state index in [-0.39, 0.29) is 12.0 Å². The van der Waals surface area contributed by atoms with Crippen molar-refractivity contribution in [3.8, 4) is 0 Å². The number of halogens is 1. The molecule has 0 bridgehead atoms. The first kappa shape index (κ1) is 14.7. The number of nitrogens with two attached hydrogens (primary N) is 1. The first-order valence-corrected chi connectivity index (χ1v) is 6.41. The fourth-order valence-corrected chi connectivity index (χ4v) is 2.00. The van der Waals surface area contributed by atoms with Gasteiger partial charge in [0.1, 0.15) is 5.82 Å². The van der Waals surface area contributed by atoms with E-state index in [1.807, 2.05) is 0 Å². The molecule has 21 heavy (non-hydrogen) atoms. The van der Waals surface area contributed by atoms with Crippen LogP contribution < -0.4 is 11.1 Å². The van der Waals surface area contributed by atoms with Gasteiger partial charge < -0.3 is 11.1 Å². The van der Waals surface area contributed by atoms with Crippen molar-refractivity contribution in [1.29, 1.82) is 0 Å². The third-order valence-electron chi connectivity index (χ3n) is 3.07. The minimum Gasteiger partial charge on any atom is -0.369 e. The van der Waals surface area contributed by atoms with Crippen LogP contribution in [0.2, 0.25) is 0 Å². The number of para-hydroxylation sites is 1. The summed E-state index contributed by atoms with van der Waals surface area (Å²) in [5.41, 5.74) is 6.56. The quantitative estimate of drug-likeness (QED) is 0.906. The van der Waals surface area contributed by atoms with Gasteiger partial charge in [-0.2, -0.15) is 0 Å². The highest BCUT2D eigenvalue weighted by molar-refractivity contribution is 6.05. The molecule has 0 fully saturated rings. The molecule has 0 aromatic heterocycles. The van der Waals surface area contributed by atoms with Gasteiger partial charge in [0.15, 0.2) is 0 Å². The highest BCUT2D eigenvalue weighted by Crippen LogP contribution is 2.18. The van der Waals surface area contributed by atoms with Crippen LogP contribution >= 0.6 is 0 Å². The van der Waals surface area contributed by atoms with Gasteiger partial charge in [0.05, 0.1) is 12.0 Å². The zero-order chi connectivity index (χ0) is 15.4. The van der Waals surface area contributed by atoms with E-state index >= 15 is 0 Å². The molecule has 0 spiro atoms. The number of carbonyl (C=O) groups excluding carboxylic acids is 2. The molecule has 0 atom stereocenters. The highest BCUT2D eigenvalue weighted by Gasteiger charge is 2.15. The summed E-state index contributed by atoms with van der Waals surface area (Å²) in [6, 6.07) is 11.4. The van der Waals surface area contributed by atoms with Crippen LogP contribution in [-0.4, -0.2) is 11.8 Å². The lowest BCUT2D eigenvalue weighted by Gasteiger charge is -2.11. The number of carbonyl (C=O) groups is 2. The Morgan fingerprint density at radius 1 is 1.14 bits per heavy atom. The summed E-state index contributed by atoms with van der Waals surface area (Å²) < 4.78 is 13.9. The number of rotatable bonds is 4. The maximum atomic E-state index is 13.9. The van der Waals surface area contributed by atoms with E-state index in [1.54, 1.807) is 43.3 Å². The molecular weight excluding hydrogens is 271 g/mol. The minimum atomic E-state index is -0.562. The van der Waals surface area contributed by atoms with E-state index in [9.17, 15) is 14.0 Å². The third-order valence-corrected chi connectivity index (χ3v) is 3.07. The lowest BCUT2D eigenvalue weighted by atomic mass is 10.1. The van der Waals surface area contributed by atoms with Crippen LogP contribution in [0, 0.1) is 12.7 Å². The molecule has 2 aromatic carbocycles. The zero-order valence-electron chi connectivity index (χ0n) is 11.5. The van der Waals surface area contributed by atoms with Crippen LogP contribution in [-0.2, 0) is 11.2 Å². The summed E-state index contributed by atoms with van der Waals surface area (Å²) in [6.07, 6.45) is 0.00670. The monoisotopic (exact) mass is 286 g/mol. The van der Waals surface area contributed by atoms with Crippen molar-refractivity contribution in [1.82, 2.24) is 0 Å². The van der Waals surface area contributed by atoms with E-state index < -0.39 is 17.6 Å². The molecule has 108 valence electrons. The predicted octanol–water partition coefficient (Wildman–Crippen LogP) is 2.41.